The van der Waals surface area contributed by atoms with Gasteiger partial charge in [-0.2, -0.15) is 0 Å². The third-order valence-corrected chi connectivity index (χ3v) is 2.66. The number of benzene rings is 1. The van der Waals surface area contributed by atoms with E-state index in [1.54, 1.807) is 6.20 Å². The summed E-state index contributed by atoms with van der Waals surface area (Å²) >= 11 is 9.38. The molecule has 0 saturated heterocycles. The van der Waals surface area contributed by atoms with Crippen LogP contribution in [0, 0.1) is 0 Å². The number of hydrogen-bond donors (Lipinski definition) is 0. The van der Waals surface area contributed by atoms with Crippen LogP contribution >= 0.6 is 27.5 Å². The highest BCUT2D eigenvalue weighted by atomic mass is 79.9. The second-order valence-corrected chi connectivity index (χ2v) is 3.69. The van der Waals surface area contributed by atoms with Crippen molar-refractivity contribution in [3.05, 3.63) is 40.0 Å². The minimum atomic E-state index is 0.689. The second kappa shape index (κ2) is 3.04. The molecule has 1 aromatic heterocycles. The van der Waals surface area contributed by atoms with Gasteiger partial charge in [0, 0.05) is 16.1 Å². The highest BCUT2D eigenvalue weighted by Gasteiger charge is 2.01. The molecular weight excluding hydrogens is 237 g/mol. The first kappa shape index (κ1) is 8.02. The van der Waals surface area contributed by atoms with E-state index in [4.69, 9.17) is 11.6 Å². The van der Waals surface area contributed by atoms with Gasteiger partial charge in [0.05, 0.1) is 10.5 Å². The average Bonchev–Trinajstić information content (AvgIpc) is 2.12. The first-order valence-corrected chi connectivity index (χ1v) is 4.65. The predicted molar refractivity (Wildman–Crippen MR) is 54.5 cm³/mol. The molecule has 0 spiro atoms. The maximum Gasteiger partial charge on any atom is 0.0899 e. The zero-order valence-electron chi connectivity index (χ0n) is 6.09. The molecule has 1 heterocycles. The van der Waals surface area contributed by atoms with Gasteiger partial charge in [0.2, 0.25) is 0 Å². The van der Waals surface area contributed by atoms with Crippen molar-refractivity contribution in [3.63, 3.8) is 0 Å². The molecule has 0 N–H and O–H groups in total. The van der Waals surface area contributed by atoms with Gasteiger partial charge < -0.3 is 0 Å². The minimum Gasteiger partial charge on any atom is -0.255 e. The Bertz CT molecular complexity index is 387. The minimum absolute atomic E-state index is 0.689. The molecule has 0 radical (unpaired) electrons. The summed E-state index contributed by atoms with van der Waals surface area (Å²) in [6.07, 6.45) is 1.74. The molecule has 1 nitrogen and oxygen atoms in total. The van der Waals surface area contributed by atoms with E-state index in [-0.39, 0.29) is 0 Å². The molecule has 0 atom stereocenters. The van der Waals surface area contributed by atoms with Gasteiger partial charge in [-0.25, -0.2) is 0 Å². The van der Waals surface area contributed by atoms with E-state index in [1.807, 2.05) is 24.3 Å². The van der Waals surface area contributed by atoms with Crippen LogP contribution in [0.3, 0.4) is 0 Å². The fourth-order valence-electron chi connectivity index (χ4n) is 1.10. The van der Waals surface area contributed by atoms with Gasteiger partial charge in [0.1, 0.15) is 0 Å². The number of aromatic nitrogens is 1. The Morgan fingerprint density at radius 2 is 2.08 bits per heavy atom. The second-order valence-electron chi connectivity index (χ2n) is 2.43. The van der Waals surface area contributed by atoms with Gasteiger partial charge in [-0.05, 0) is 18.2 Å². The van der Waals surface area contributed by atoms with Crippen LogP contribution in [0.1, 0.15) is 0 Å². The van der Waals surface area contributed by atoms with Gasteiger partial charge >= 0.3 is 0 Å². The molecule has 2 aromatic rings. The normalized spacial score (nSPS) is 10.5. The van der Waals surface area contributed by atoms with Gasteiger partial charge in [-0.3, -0.25) is 4.98 Å². The van der Waals surface area contributed by atoms with Crippen molar-refractivity contribution < 1.29 is 0 Å². The Morgan fingerprint density at radius 1 is 1.25 bits per heavy atom. The molecule has 0 aliphatic carbocycles. The zero-order valence-corrected chi connectivity index (χ0v) is 8.43. The van der Waals surface area contributed by atoms with E-state index in [1.165, 1.54) is 0 Å². The van der Waals surface area contributed by atoms with E-state index in [9.17, 15) is 0 Å². The summed E-state index contributed by atoms with van der Waals surface area (Å²) in [6, 6.07) is 7.63. The van der Waals surface area contributed by atoms with Crippen molar-refractivity contribution in [2.24, 2.45) is 0 Å². The smallest absolute Gasteiger partial charge is 0.0899 e. The highest BCUT2D eigenvalue weighted by molar-refractivity contribution is 9.10. The maximum absolute atomic E-state index is 5.95. The maximum atomic E-state index is 5.95. The van der Waals surface area contributed by atoms with Crippen molar-refractivity contribution in [3.8, 4) is 0 Å². The first-order valence-electron chi connectivity index (χ1n) is 3.48. The molecule has 0 bridgehead atoms. The SMILES string of the molecule is Clc1ccc(Br)c2cccnc12. The number of fused-ring (bicyclic) bond motifs is 1. The van der Waals surface area contributed by atoms with Crippen molar-refractivity contribution in [2.75, 3.05) is 0 Å². The van der Waals surface area contributed by atoms with Crippen LogP contribution in [0.5, 0.6) is 0 Å². The van der Waals surface area contributed by atoms with Crippen LogP contribution in [0.4, 0.5) is 0 Å². The molecule has 0 amide bonds. The molecular formula is C9H5BrClN. The molecule has 3 heteroatoms. The zero-order chi connectivity index (χ0) is 8.55. The fourth-order valence-corrected chi connectivity index (χ4v) is 1.77. The van der Waals surface area contributed by atoms with Crippen LogP contribution in [0.2, 0.25) is 5.02 Å². The highest BCUT2D eigenvalue weighted by Crippen LogP contribution is 2.27. The van der Waals surface area contributed by atoms with Gasteiger partial charge in [0.15, 0.2) is 0 Å². The standard InChI is InChI=1S/C9H5BrClN/c10-7-3-4-8(11)9-6(7)2-1-5-12-9/h1-5H. The van der Waals surface area contributed by atoms with Crippen molar-refractivity contribution in [2.45, 2.75) is 0 Å². The lowest BCUT2D eigenvalue weighted by molar-refractivity contribution is 1.41. The quantitative estimate of drug-likeness (QED) is 0.687. The van der Waals surface area contributed by atoms with Crippen LogP contribution < -0.4 is 0 Å². The molecule has 2 rings (SSSR count). The van der Waals surface area contributed by atoms with Crippen LogP contribution in [-0.2, 0) is 0 Å². The largest absolute Gasteiger partial charge is 0.255 e. The number of rotatable bonds is 0. The Hall–Kier alpha value is -0.600. The number of halogens is 2. The summed E-state index contributed by atoms with van der Waals surface area (Å²) < 4.78 is 1.02. The topological polar surface area (TPSA) is 12.9 Å². The van der Waals surface area contributed by atoms with Gasteiger partial charge in [0.25, 0.3) is 0 Å². The summed E-state index contributed by atoms with van der Waals surface area (Å²) in [5.74, 6) is 0. The molecule has 0 unspecified atom stereocenters. The average molecular weight is 243 g/mol. The lowest BCUT2D eigenvalue weighted by Gasteiger charge is -2.00. The molecule has 0 saturated carbocycles. The fraction of sp³-hybridized carbons (Fsp3) is 0. The molecule has 0 fully saturated rings. The molecule has 1 aromatic carbocycles. The van der Waals surface area contributed by atoms with E-state index in [2.05, 4.69) is 20.9 Å². The monoisotopic (exact) mass is 241 g/mol. The third kappa shape index (κ3) is 1.21. The van der Waals surface area contributed by atoms with Crippen molar-refractivity contribution in [1.82, 2.24) is 4.98 Å². The summed E-state index contributed by atoms with van der Waals surface area (Å²) in [4.78, 5) is 4.18. The lowest BCUT2D eigenvalue weighted by Crippen LogP contribution is -1.79. The molecule has 0 aliphatic rings. The Morgan fingerprint density at radius 3 is 2.83 bits per heavy atom. The summed E-state index contributed by atoms with van der Waals surface area (Å²) in [7, 11) is 0. The first-order chi connectivity index (χ1) is 5.79. The number of nitrogens with zero attached hydrogens (tertiary/aromatic N) is 1. The Kier molecular flexibility index (Phi) is 2.03. The molecule has 12 heavy (non-hydrogen) atoms. The van der Waals surface area contributed by atoms with E-state index < -0.39 is 0 Å². The van der Waals surface area contributed by atoms with Crippen molar-refractivity contribution >= 4 is 38.4 Å². The van der Waals surface area contributed by atoms with E-state index in [0.717, 1.165) is 15.4 Å². The van der Waals surface area contributed by atoms with Crippen LogP contribution in [0.15, 0.2) is 34.9 Å². The third-order valence-electron chi connectivity index (χ3n) is 1.67. The van der Waals surface area contributed by atoms with E-state index >= 15 is 0 Å². The van der Waals surface area contributed by atoms with E-state index in [0.29, 0.717) is 5.02 Å². The summed E-state index contributed by atoms with van der Waals surface area (Å²) in [5.41, 5.74) is 0.841. The Balaban J connectivity index is 2.95. The Labute approximate surface area is 83.5 Å². The summed E-state index contributed by atoms with van der Waals surface area (Å²) in [6.45, 7) is 0. The van der Waals surface area contributed by atoms with Crippen LogP contribution in [0.25, 0.3) is 10.9 Å². The van der Waals surface area contributed by atoms with Gasteiger partial charge in [-0.15, -0.1) is 0 Å². The molecule has 0 aliphatic heterocycles. The number of pyridine rings is 1. The number of hydrogen-bond acceptors (Lipinski definition) is 1. The predicted octanol–water partition coefficient (Wildman–Crippen LogP) is 3.65. The van der Waals surface area contributed by atoms with Gasteiger partial charge in [-0.1, -0.05) is 33.6 Å². The summed E-state index contributed by atoms with van der Waals surface area (Å²) in [5, 5.41) is 1.74. The lowest BCUT2D eigenvalue weighted by atomic mass is 10.2. The van der Waals surface area contributed by atoms with Crippen LogP contribution in [-0.4, -0.2) is 4.98 Å². The molecule has 60 valence electrons. The van der Waals surface area contributed by atoms with Crippen molar-refractivity contribution in [1.29, 1.82) is 0 Å².